The van der Waals surface area contributed by atoms with Gasteiger partial charge in [-0.1, -0.05) is 29.8 Å². The number of ketones is 1. The van der Waals surface area contributed by atoms with Crippen molar-refractivity contribution in [1.29, 1.82) is 0 Å². The number of ether oxygens (including phenoxy) is 3. The number of nitrogens with zero attached hydrogens (tertiary/aromatic N) is 2. The van der Waals surface area contributed by atoms with Crippen LogP contribution in [-0.4, -0.2) is 43.1 Å². The normalized spacial score (nSPS) is 17.1. The molecule has 4 rings (SSSR count). The van der Waals surface area contributed by atoms with Gasteiger partial charge in [0.25, 0.3) is 5.78 Å². The molecule has 1 aliphatic rings. The smallest absolute Gasteiger partial charge is 0.301 e. The molecule has 182 valence electrons. The minimum Gasteiger partial charge on any atom is -0.507 e. The lowest BCUT2D eigenvalue weighted by Gasteiger charge is -2.24. The van der Waals surface area contributed by atoms with Crippen molar-refractivity contribution in [2.45, 2.75) is 26.8 Å². The fourth-order valence-electron chi connectivity index (χ4n) is 4.03. The molecule has 1 unspecified atom stereocenters. The SMILES string of the molecule is COc1cc(C2/C(=C(\O)c3ccc(C)cc3)C(=O)C(=O)N2c2nc(C)c(C)s2)cc(OC)c1OC. The van der Waals surface area contributed by atoms with Crippen LogP contribution in [0.2, 0.25) is 0 Å². The highest BCUT2D eigenvalue weighted by molar-refractivity contribution is 7.16. The second-order valence-corrected chi connectivity index (χ2v) is 9.31. The van der Waals surface area contributed by atoms with Gasteiger partial charge in [-0.05, 0) is 38.5 Å². The number of aryl methyl sites for hydroxylation is 3. The maximum absolute atomic E-state index is 13.4. The van der Waals surface area contributed by atoms with Crippen LogP contribution in [0.15, 0.2) is 42.0 Å². The number of hydrogen-bond acceptors (Lipinski definition) is 8. The van der Waals surface area contributed by atoms with Crippen LogP contribution in [-0.2, 0) is 9.59 Å². The minimum atomic E-state index is -0.963. The molecule has 0 radical (unpaired) electrons. The molecule has 2 aromatic carbocycles. The molecule has 8 nitrogen and oxygen atoms in total. The van der Waals surface area contributed by atoms with Crippen LogP contribution >= 0.6 is 11.3 Å². The van der Waals surface area contributed by atoms with Gasteiger partial charge in [-0.3, -0.25) is 14.5 Å². The molecule has 0 spiro atoms. The zero-order valence-corrected chi connectivity index (χ0v) is 21.1. The summed E-state index contributed by atoms with van der Waals surface area (Å²) in [4.78, 5) is 33.5. The van der Waals surface area contributed by atoms with E-state index in [2.05, 4.69) is 4.98 Å². The number of methoxy groups -OCH3 is 3. The third-order valence-corrected chi connectivity index (χ3v) is 7.07. The standard InChI is InChI=1S/C26H26N2O6S/c1-13-7-9-16(10-8-13)22(29)20-21(17-11-18(32-4)24(34-6)19(12-17)33-5)28(25(31)23(20)30)26-27-14(2)15(3)35-26/h7-12,21,29H,1-6H3/b22-20+. The molecule has 1 N–H and O–H groups in total. The van der Waals surface area contributed by atoms with E-state index in [1.807, 2.05) is 32.9 Å². The number of rotatable bonds is 6. The second-order valence-electron chi connectivity index (χ2n) is 8.13. The third kappa shape index (κ3) is 4.12. The lowest BCUT2D eigenvalue weighted by molar-refractivity contribution is -0.132. The lowest BCUT2D eigenvalue weighted by Crippen LogP contribution is -2.29. The number of Topliss-reactive ketones (excluding diaryl/α,β-unsaturated/α-hetero) is 1. The van der Waals surface area contributed by atoms with Crippen molar-refractivity contribution in [2.75, 3.05) is 26.2 Å². The molecule has 1 fully saturated rings. The summed E-state index contributed by atoms with van der Waals surface area (Å²) >= 11 is 1.31. The Hall–Kier alpha value is -3.85. The Bertz CT molecular complexity index is 1300. The third-order valence-electron chi connectivity index (χ3n) is 6.00. The fourth-order valence-corrected chi connectivity index (χ4v) is 4.97. The number of amides is 1. The molecule has 0 bridgehead atoms. The maximum Gasteiger partial charge on any atom is 0.301 e. The molecule has 2 heterocycles. The van der Waals surface area contributed by atoms with E-state index in [-0.39, 0.29) is 11.3 Å². The Morgan fingerprint density at radius 3 is 2.06 bits per heavy atom. The van der Waals surface area contributed by atoms with Crippen molar-refractivity contribution < 1.29 is 28.9 Å². The van der Waals surface area contributed by atoms with E-state index in [0.29, 0.717) is 33.5 Å². The monoisotopic (exact) mass is 494 g/mol. The van der Waals surface area contributed by atoms with E-state index in [1.165, 1.54) is 37.6 Å². The molecule has 9 heteroatoms. The van der Waals surface area contributed by atoms with Crippen LogP contribution in [0, 0.1) is 20.8 Å². The average Bonchev–Trinajstić information content (AvgIpc) is 3.32. The van der Waals surface area contributed by atoms with Gasteiger partial charge in [0, 0.05) is 10.4 Å². The highest BCUT2D eigenvalue weighted by Gasteiger charge is 2.48. The summed E-state index contributed by atoms with van der Waals surface area (Å²) in [6.07, 6.45) is 0. The Labute approximate surface area is 207 Å². The number of thiazole rings is 1. The summed E-state index contributed by atoms with van der Waals surface area (Å²) in [5.74, 6) is -0.758. The van der Waals surface area contributed by atoms with E-state index in [0.717, 1.165) is 16.1 Å². The van der Waals surface area contributed by atoms with Crippen LogP contribution in [0.5, 0.6) is 17.2 Å². The van der Waals surface area contributed by atoms with Gasteiger partial charge >= 0.3 is 5.91 Å². The number of hydrogen-bond donors (Lipinski definition) is 1. The van der Waals surface area contributed by atoms with Gasteiger partial charge in [0.05, 0.1) is 38.6 Å². The molecule has 1 aliphatic heterocycles. The zero-order chi connectivity index (χ0) is 25.4. The lowest BCUT2D eigenvalue weighted by atomic mass is 9.94. The number of aliphatic hydroxyl groups excluding tert-OH is 1. The molecule has 0 aliphatic carbocycles. The van der Waals surface area contributed by atoms with Gasteiger partial charge in [-0.25, -0.2) is 4.98 Å². The van der Waals surface area contributed by atoms with Crippen molar-refractivity contribution in [3.05, 3.63) is 69.2 Å². The minimum absolute atomic E-state index is 0.0429. The largest absolute Gasteiger partial charge is 0.507 e. The molecule has 3 aromatic rings. The second kappa shape index (κ2) is 9.42. The molecule has 35 heavy (non-hydrogen) atoms. The first-order chi connectivity index (χ1) is 16.7. The topological polar surface area (TPSA) is 98.2 Å². The Balaban J connectivity index is 2.01. The van der Waals surface area contributed by atoms with Crippen molar-refractivity contribution >= 4 is 33.9 Å². The zero-order valence-electron chi connectivity index (χ0n) is 20.3. The van der Waals surface area contributed by atoms with Gasteiger partial charge in [0.1, 0.15) is 5.76 Å². The van der Waals surface area contributed by atoms with E-state index >= 15 is 0 Å². The van der Waals surface area contributed by atoms with Crippen molar-refractivity contribution in [3.63, 3.8) is 0 Å². The summed E-state index contributed by atoms with van der Waals surface area (Å²) in [7, 11) is 4.46. The van der Waals surface area contributed by atoms with Gasteiger partial charge in [-0.2, -0.15) is 0 Å². The number of carbonyl (C=O) groups excluding carboxylic acids is 2. The van der Waals surface area contributed by atoms with Crippen molar-refractivity contribution in [1.82, 2.24) is 4.98 Å². The Morgan fingerprint density at radius 2 is 1.57 bits per heavy atom. The van der Waals surface area contributed by atoms with Crippen LogP contribution in [0.4, 0.5) is 5.13 Å². The van der Waals surface area contributed by atoms with Gasteiger partial charge in [0.2, 0.25) is 5.75 Å². The summed E-state index contributed by atoms with van der Waals surface area (Å²) in [6, 6.07) is 9.45. The van der Waals surface area contributed by atoms with E-state index in [1.54, 1.807) is 24.3 Å². The van der Waals surface area contributed by atoms with Crippen LogP contribution in [0.25, 0.3) is 5.76 Å². The highest BCUT2D eigenvalue weighted by Crippen LogP contribution is 2.47. The summed E-state index contributed by atoms with van der Waals surface area (Å²) in [6.45, 7) is 5.66. The predicted molar refractivity (Wildman–Crippen MR) is 134 cm³/mol. The molecule has 0 saturated carbocycles. The van der Waals surface area contributed by atoms with Crippen molar-refractivity contribution in [3.8, 4) is 17.2 Å². The molecule has 1 aromatic heterocycles. The molecule has 1 saturated heterocycles. The Morgan fingerprint density at radius 1 is 0.971 bits per heavy atom. The predicted octanol–water partition coefficient (Wildman–Crippen LogP) is 4.72. The van der Waals surface area contributed by atoms with E-state index in [9.17, 15) is 14.7 Å². The van der Waals surface area contributed by atoms with Crippen molar-refractivity contribution in [2.24, 2.45) is 0 Å². The molecular weight excluding hydrogens is 468 g/mol. The quantitative estimate of drug-likeness (QED) is 0.301. The molecule has 1 atom stereocenters. The number of benzene rings is 2. The first-order valence-electron chi connectivity index (χ1n) is 10.8. The fraction of sp³-hybridized carbons (Fsp3) is 0.269. The molecular formula is C26H26N2O6S. The Kier molecular flexibility index (Phi) is 6.53. The summed E-state index contributed by atoms with van der Waals surface area (Å²) in [5, 5.41) is 11.6. The first-order valence-corrected chi connectivity index (χ1v) is 11.6. The van der Waals surface area contributed by atoms with Crippen LogP contribution in [0.1, 0.15) is 33.3 Å². The average molecular weight is 495 g/mol. The van der Waals surface area contributed by atoms with E-state index < -0.39 is 17.7 Å². The number of anilines is 1. The summed E-state index contributed by atoms with van der Waals surface area (Å²) in [5.41, 5.74) is 2.64. The van der Waals surface area contributed by atoms with E-state index in [4.69, 9.17) is 14.2 Å². The van der Waals surface area contributed by atoms with Crippen LogP contribution < -0.4 is 19.1 Å². The first kappa shape index (κ1) is 24.3. The van der Waals surface area contributed by atoms with Crippen LogP contribution in [0.3, 0.4) is 0 Å². The van der Waals surface area contributed by atoms with Gasteiger partial charge in [-0.15, -0.1) is 11.3 Å². The summed E-state index contributed by atoms with van der Waals surface area (Å²) < 4.78 is 16.4. The number of aliphatic hydroxyl groups is 1. The van der Waals surface area contributed by atoms with Gasteiger partial charge < -0.3 is 19.3 Å². The van der Waals surface area contributed by atoms with Gasteiger partial charge in [0.15, 0.2) is 16.6 Å². The number of aromatic nitrogens is 1. The number of carbonyl (C=O) groups is 2. The maximum atomic E-state index is 13.4. The molecule has 1 amide bonds. The highest BCUT2D eigenvalue weighted by atomic mass is 32.1.